The van der Waals surface area contributed by atoms with Gasteiger partial charge in [0.1, 0.15) is 11.6 Å². The minimum atomic E-state index is -0.761. The Labute approximate surface area is 193 Å². The summed E-state index contributed by atoms with van der Waals surface area (Å²) in [5, 5.41) is 0. The summed E-state index contributed by atoms with van der Waals surface area (Å²) in [7, 11) is 0. The van der Waals surface area contributed by atoms with Gasteiger partial charge in [0.25, 0.3) is 5.56 Å². The smallest absolute Gasteiger partial charge is 0.338 e. The number of rotatable bonds is 6. The Hall–Kier alpha value is -3.52. The number of hydrogen-bond acceptors (Lipinski definition) is 6. The van der Waals surface area contributed by atoms with Crippen LogP contribution >= 0.6 is 11.3 Å². The fourth-order valence-corrected chi connectivity index (χ4v) is 4.78. The Bertz CT molecular complexity index is 1390. The van der Waals surface area contributed by atoms with Crippen molar-refractivity contribution in [3.05, 3.63) is 96.4 Å². The van der Waals surface area contributed by atoms with Gasteiger partial charge in [0.05, 0.1) is 35.1 Å². The lowest BCUT2D eigenvalue weighted by atomic mass is 9.96. The van der Waals surface area contributed by atoms with Gasteiger partial charge in [0, 0.05) is 0 Å². The maximum absolute atomic E-state index is 13.6. The van der Waals surface area contributed by atoms with Crippen molar-refractivity contribution in [2.45, 2.75) is 26.8 Å². The Morgan fingerprint density at radius 1 is 1.12 bits per heavy atom. The summed E-state index contributed by atoms with van der Waals surface area (Å²) < 4.78 is 26.3. The molecule has 0 radical (unpaired) electrons. The Morgan fingerprint density at radius 2 is 1.82 bits per heavy atom. The molecule has 4 rings (SSSR count). The fourth-order valence-electron chi connectivity index (χ4n) is 3.73. The van der Waals surface area contributed by atoms with Gasteiger partial charge < -0.3 is 9.47 Å². The fraction of sp³-hybridized carbons (Fsp3) is 0.240. The highest BCUT2D eigenvalue weighted by Gasteiger charge is 2.33. The van der Waals surface area contributed by atoms with Gasteiger partial charge in [-0.25, -0.2) is 14.2 Å². The summed E-state index contributed by atoms with van der Waals surface area (Å²) >= 11 is 1.24. The highest BCUT2D eigenvalue weighted by molar-refractivity contribution is 7.07. The largest absolute Gasteiger partial charge is 0.494 e. The van der Waals surface area contributed by atoms with E-state index in [1.807, 2.05) is 31.2 Å². The van der Waals surface area contributed by atoms with Gasteiger partial charge in [-0.2, -0.15) is 0 Å². The van der Waals surface area contributed by atoms with E-state index >= 15 is 0 Å². The van der Waals surface area contributed by atoms with Crippen LogP contribution in [0.4, 0.5) is 4.39 Å². The van der Waals surface area contributed by atoms with Gasteiger partial charge in [-0.05, 0) is 62.2 Å². The van der Waals surface area contributed by atoms with Gasteiger partial charge >= 0.3 is 5.97 Å². The molecule has 0 spiro atoms. The van der Waals surface area contributed by atoms with Crippen LogP contribution < -0.4 is 19.6 Å². The van der Waals surface area contributed by atoms with Crippen LogP contribution in [0.5, 0.6) is 5.75 Å². The minimum absolute atomic E-state index is 0.188. The number of carbonyl (C=O) groups is 1. The van der Waals surface area contributed by atoms with Crippen molar-refractivity contribution in [3.63, 3.8) is 0 Å². The molecular weight excluding hydrogens is 443 g/mol. The topological polar surface area (TPSA) is 69.9 Å². The van der Waals surface area contributed by atoms with Crippen LogP contribution in [0.15, 0.2) is 69.6 Å². The molecule has 1 aliphatic heterocycles. The van der Waals surface area contributed by atoms with Crippen molar-refractivity contribution in [3.8, 4) is 5.75 Å². The number of aromatic nitrogens is 1. The Balaban J connectivity index is 1.88. The molecule has 0 fully saturated rings. The summed E-state index contributed by atoms with van der Waals surface area (Å²) in [4.78, 5) is 31.3. The lowest BCUT2D eigenvalue weighted by molar-refractivity contribution is -0.139. The first kappa shape index (κ1) is 22.7. The molecule has 0 N–H and O–H groups in total. The first-order valence-corrected chi connectivity index (χ1v) is 11.4. The second-order valence-corrected chi connectivity index (χ2v) is 8.36. The SMILES string of the molecule is CCOC(=O)C1=C(C)N=c2sc(=Cc3ccc(OCC)cc3)c(=O)n2C1c1ccc(F)cc1. The van der Waals surface area contributed by atoms with Gasteiger partial charge in [-0.15, -0.1) is 0 Å². The predicted octanol–water partition coefficient (Wildman–Crippen LogP) is 3.34. The number of carbonyl (C=O) groups excluding carboxylic acids is 1. The molecule has 0 amide bonds. The van der Waals surface area contributed by atoms with E-state index in [9.17, 15) is 14.0 Å². The number of nitrogens with zero attached hydrogens (tertiary/aromatic N) is 2. The zero-order valence-electron chi connectivity index (χ0n) is 18.5. The maximum Gasteiger partial charge on any atom is 0.338 e. The number of ether oxygens (including phenoxy) is 2. The molecule has 1 aromatic heterocycles. The summed E-state index contributed by atoms with van der Waals surface area (Å²) in [6.45, 7) is 6.11. The average Bonchev–Trinajstić information content (AvgIpc) is 3.09. The summed E-state index contributed by atoms with van der Waals surface area (Å²) in [5.41, 5.74) is 1.89. The zero-order valence-corrected chi connectivity index (χ0v) is 19.3. The van der Waals surface area contributed by atoms with Crippen LogP contribution in [-0.2, 0) is 9.53 Å². The van der Waals surface area contributed by atoms with Crippen LogP contribution in [0.25, 0.3) is 6.08 Å². The lowest BCUT2D eigenvalue weighted by Crippen LogP contribution is -2.39. The Kier molecular flexibility index (Phi) is 6.55. The minimum Gasteiger partial charge on any atom is -0.494 e. The summed E-state index contributed by atoms with van der Waals surface area (Å²) in [6, 6.07) is 12.4. The second kappa shape index (κ2) is 9.54. The molecular formula is C25H23FN2O4S. The van der Waals surface area contributed by atoms with Crippen LogP contribution in [-0.4, -0.2) is 23.8 Å². The van der Waals surface area contributed by atoms with Crippen LogP contribution in [0, 0.1) is 5.82 Å². The monoisotopic (exact) mass is 466 g/mol. The first-order chi connectivity index (χ1) is 15.9. The molecule has 0 saturated heterocycles. The molecule has 2 heterocycles. The molecule has 1 aliphatic rings. The lowest BCUT2D eigenvalue weighted by Gasteiger charge is -2.24. The molecule has 1 atom stereocenters. The highest BCUT2D eigenvalue weighted by atomic mass is 32.1. The third kappa shape index (κ3) is 4.52. The van der Waals surface area contributed by atoms with Crippen molar-refractivity contribution in [1.29, 1.82) is 0 Å². The molecule has 33 heavy (non-hydrogen) atoms. The number of thiazole rings is 1. The van der Waals surface area contributed by atoms with Crippen molar-refractivity contribution in [2.24, 2.45) is 4.99 Å². The van der Waals surface area contributed by atoms with Crippen molar-refractivity contribution < 1.29 is 18.7 Å². The molecule has 0 aliphatic carbocycles. The highest BCUT2D eigenvalue weighted by Crippen LogP contribution is 2.30. The Morgan fingerprint density at radius 3 is 2.45 bits per heavy atom. The van der Waals surface area contributed by atoms with E-state index in [0.717, 1.165) is 11.3 Å². The number of hydrogen-bond donors (Lipinski definition) is 0. The standard InChI is InChI=1S/C25H23FN2O4S/c1-4-31-19-12-6-16(7-13-19)14-20-23(29)28-22(17-8-10-18(26)11-9-17)21(24(30)32-5-2)15(3)27-25(28)33-20/h6-14,22H,4-5H2,1-3H3. The van der Waals surface area contributed by atoms with E-state index in [1.165, 1.54) is 28.0 Å². The van der Waals surface area contributed by atoms with Crippen LogP contribution in [0.3, 0.4) is 0 Å². The van der Waals surface area contributed by atoms with Crippen molar-refractivity contribution in [2.75, 3.05) is 13.2 Å². The quantitative estimate of drug-likeness (QED) is 0.523. The number of allylic oxidation sites excluding steroid dienone is 1. The van der Waals surface area contributed by atoms with Crippen LogP contribution in [0.1, 0.15) is 37.9 Å². The average molecular weight is 467 g/mol. The number of benzene rings is 2. The molecule has 8 heteroatoms. The normalized spacial score (nSPS) is 15.8. The maximum atomic E-state index is 13.6. The second-order valence-electron chi connectivity index (χ2n) is 7.36. The molecule has 3 aromatic rings. The summed E-state index contributed by atoms with van der Waals surface area (Å²) in [6.07, 6.45) is 1.78. The van der Waals surface area contributed by atoms with E-state index < -0.39 is 17.8 Å². The third-order valence-corrected chi connectivity index (χ3v) is 6.17. The molecule has 6 nitrogen and oxygen atoms in total. The van der Waals surface area contributed by atoms with E-state index in [4.69, 9.17) is 9.47 Å². The first-order valence-electron chi connectivity index (χ1n) is 10.6. The van der Waals surface area contributed by atoms with Crippen molar-refractivity contribution in [1.82, 2.24) is 4.57 Å². The van der Waals surface area contributed by atoms with E-state index in [1.54, 1.807) is 32.1 Å². The molecule has 0 bridgehead atoms. The molecule has 1 unspecified atom stereocenters. The van der Waals surface area contributed by atoms with Gasteiger partial charge in [-0.1, -0.05) is 35.6 Å². The molecule has 170 valence electrons. The number of halogens is 1. The van der Waals surface area contributed by atoms with Crippen LogP contribution in [0.2, 0.25) is 0 Å². The van der Waals surface area contributed by atoms with E-state index in [-0.39, 0.29) is 17.7 Å². The van der Waals surface area contributed by atoms with E-state index in [2.05, 4.69) is 4.99 Å². The molecule has 2 aromatic carbocycles. The van der Waals surface area contributed by atoms with Crippen molar-refractivity contribution >= 4 is 23.4 Å². The zero-order chi connectivity index (χ0) is 23.5. The van der Waals surface area contributed by atoms with Gasteiger partial charge in [0.15, 0.2) is 4.80 Å². The summed E-state index contributed by atoms with van der Waals surface area (Å²) in [5.74, 6) is -0.198. The predicted molar refractivity (Wildman–Crippen MR) is 124 cm³/mol. The number of esters is 1. The molecule has 0 saturated carbocycles. The number of fused-ring (bicyclic) bond motifs is 1. The van der Waals surface area contributed by atoms with Gasteiger partial charge in [0.2, 0.25) is 0 Å². The van der Waals surface area contributed by atoms with E-state index in [0.29, 0.717) is 27.2 Å². The third-order valence-electron chi connectivity index (χ3n) is 5.19. The van der Waals surface area contributed by atoms with Gasteiger partial charge in [-0.3, -0.25) is 9.36 Å².